The molecule has 0 aliphatic carbocycles. The van der Waals surface area contributed by atoms with Crippen LogP contribution in [0.15, 0.2) is 43.0 Å². The Balaban J connectivity index is 2.01. The minimum atomic E-state index is -0.252. The number of nitrogens with zero attached hydrogens (tertiary/aromatic N) is 2. The fraction of sp³-hybridized carbons (Fsp3) is 0.438. The van der Waals surface area contributed by atoms with Gasteiger partial charge in [-0.25, -0.2) is 4.98 Å². The Kier molecular flexibility index (Phi) is 5.50. The smallest absolute Gasteiger partial charge is 0.171 e. The fourth-order valence-corrected chi connectivity index (χ4v) is 2.42. The highest BCUT2D eigenvalue weighted by atomic mass is 16.7. The summed E-state index contributed by atoms with van der Waals surface area (Å²) in [5.41, 5.74) is 2.32. The molecule has 0 aliphatic heterocycles. The van der Waals surface area contributed by atoms with Gasteiger partial charge in [0.2, 0.25) is 0 Å². The highest BCUT2D eigenvalue weighted by Crippen LogP contribution is 2.17. The van der Waals surface area contributed by atoms with E-state index in [-0.39, 0.29) is 18.4 Å². The highest BCUT2D eigenvalue weighted by Gasteiger charge is 2.18. The van der Waals surface area contributed by atoms with E-state index < -0.39 is 0 Å². The summed E-state index contributed by atoms with van der Waals surface area (Å²) in [5, 5.41) is 3.48. The molecule has 1 aromatic carbocycles. The lowest BCUT2D eigenvalue weighted by Gasteiger charge is -2.26. The van der Waals surface area contributed by atoms with Crippen LogP contribution in [0.5, 0.6) is 0 Å². The van der Waals surface area contributed by atoms with E-state index in [1.807, 2.05) is 17.7 Å². The molecule has 21 heavy (non-hydrogen) atoms. The molecule has 0 saturated heterocycles. The second kappa shape index (κ2) is 7.36. The van der Waals surface area contributed by atoms with Gasteiger partial charge in [0.15, 0.2) is 6.29 Å². The molecule has 0 amide bonds. The molecule has 0 bridgehead atoms. The van der Waals surface area contributed by atoms with Crippen LogP contribution in [0.2, 0.25) is 0 Å². The molecule has 114 valence electrons. The molecule has 0 aliphatic rings. The van der Waals surface area contributed by atoms with Gasteiger partial charge in [0, 0.05) is 38.3 Å². The van der Waals surface area contributed by atoms with Gasteiger partial charge < -0.3 is 19.4 Å². The molecule has 2 unspecified atom stereocenters. The summed E-state index contributed by atoms with van der Waals surface area (Å²) in [6, 6.07) is 8.73. The first-order chi connectivity index (χ1) is 10.2. The number of rotatable bonds is 7. The van der Waals surface area contributed by atoms with E-state index in [0.717, 1.165) is 5.69 Å². The van der Waals surface area contributed by atoms with Crippen LogP contribution in [0.3, 0.4) is 0 Å². The predicted molar refractivity (Wildman–Crippen MR) is 82.4 cm³/mol. The number of ether oxygens (including phenoxy) is 2. The van der Waals surface area contributed by atoms with Gasteiger partial charge in [-0.3, -0.25) is 0 Å². The Morgan fingerprint density at radius 2 is 1.76 bits per heavy atom. The van der Waals surface area contributed by atoms with Crippen LogP contribution in [-0.2, 0) is 9.47 Å². The van der Waals surface area contributed by atoms with Crippen molar-refractivity contribution in [2.45, 2.75) is 32.2 Å². The van der Waals surface area contributed by atoms with Crippen LogP contribution in [0.1, 0.15) is 25.5 Å². The molecular formula is C16H23N3O2. The summed E-state index contributed by atoms with van der Waals surface area (Å²) in [5.74, 6) is 0. The zero-order valence-corrected chi connectivity index (χ0v) is 13.0. The average Bonchev–Trinajstić information content (AvgIpc) is 3.03. The van der Waals surface area contributed by atoms with E-state index >= 15 is 0 Å². The lowest BCUT2D eigenvalue weighted by Crippen LogP contribution is -2.40. The van der Waals surface area contributed by atoms with Crippen molar-refractivity contribution in [3.63, 3.8) is 0 Å². The molecule has 5 nitrogen and oxygen atoms in total. The summed E-state index contributed by atoms with van der Waals surface area (Å²) < 4.78 is 12.5. The summed E-state index contributed by atoms with van der Waals surface area (Å²) >= 11 is 0. The summed E-state index contributed by atoms with van der Waals surface area (Å²) in [7, 11) is 3.30. The van der Waals surface area contributed by atoms with Gasteiger partial charge in [-0.05, 0) is 31.5 Å². The maximum Gasteiger partial charge on any atom is 0.171 e. The van der Waals surface area contributed by atoms with Crippen LogP contribution < -0.4 is 5.32 Å². The molecule has 2 aromatic rings. The third-order valence-electron chi connectivity index (χ3n) is 3.58. The Bertz CT molecular complexity index is 521. The quantitative estimate of drug-likeness (QED) is 0.796. The Morgan fingerprint density at radius 1 is 1.10 bits per heavy atom. The number of hydrogen-bond donors (Lipinski definition) is 1. The molecule has 2 atom stereocenters. The van der Waals surface area contributed by atoms with Crippen molar-refractivity contribution in [1.82, 2.24) is 14.9 Å². The molecule has 2 rings (SSSR count). The largest absolute Gasteiger partial charge is 0.354 e. The Hall–Kier alpha value is -1.69. The lowest BCUT2D eigenvalue weighted by atomic mass is 10.1. The molecule has 1 aromatic heterocycles. The second-order valence-corrected chi connectivity index (χ2v) is 5.08. The van der Waals surface area contributed by atoms with Crippen molar-refractivity contribution in [3.05, 3.63) is 48.5 Å². The number of aromatic nitrogens is 2. The molecular weight excluding hydrogens is 266 g/mol. The summed E-state index contributed by atoms with van der Waals surface area (Å²) in [6.07, 6.45) is 5.24. The lowest BCUT2D eigenvalue weighted by molar-refractivity contribution is -0.120. The Labute approximate surface area is 125 Å². The van der Waals surface area contributed by atoms with Crippen molar-refractivity contribution in [1.29, 1.82) is 0 Å². The van der Waals surface area contributed by atoms with Crippen LogP contribution >= 0.6 is 0 Å². The van der Waals surface area contributed by atoms with E-state index in [0.29, 0.717) is 0 Å². The van der Waals surface area contributed by atoms with Crippen molar-refractivity contribution in [2.75, 3.05) is 14.2 Å². The van der Waals surface area contributed by atoms with E-state index in [9.17, 15) is 0 Å². The molecule has 1 N–H and O–H groups in total. The first kappa shape index (κ1) is 15.7. The van der Waals surface area contributed by atoms with Crippen molar-refractivity contribution >= 4 is 0 Å². The number of methoxy groups -OCH3 is 2. The number of nitrogens with one attached hydrogen (secondary N) is 1. The zero-order chi connectivity index (χ0) is 15.2. The Morgan fingerprint density at radius 3 is 2.29 bits per heavy atom. The molecule has 0 fully saturated rings. The van der Waals surface area contributed by atoms with Gasteiger partial charge in [0.05, 0.1) is 12.4 Å². The summed E-state index contributed by atoms with van der Waals surface area (Å²) in [4.78, 5) is 4.06. The van der Waals surface area contributed by atoms with Gasteiger partial charge in [-0.1, -0.05) is 12.1 Å². The number of benzene rings is 1. The van der Waals surface area contributed by atoms with Gasteiger partial charge in [-0.2, -0.15) is 0 Å². The number of imidazole rings is 1. The van der Waals surface area contributed by atoms with Gasteiger partial charge in [-0.15, -0.1) is 0 Å². The van der Waals surface area contributed by atoms with Gasteiger partial charge in [0.1, 0.15) is 0 Å². The van der Waals surface area contributed by atoms with Gasteiger partial charge in [0.25, 0.3) is 0 Å². The SMILES string of the molecule is COC(OC)C(C)NC(C)c1ccc(-n2ccnc2)cc1. The number of hydrogen-bond acceptors (Lipinski definition) is 4. The molecule has 1 heterocycles. The van der Waals surface area contributed by atoms with Crippen molar-refractivity contribution in [2.24, 2.45) is 0 Å². The fourth-order valence-electron chi connectivity index (χ4n) is 2.42. The van der Waals surface area contributed by atoms with E-state index in [1.54, 1.807) is 26.7 Å². The normalized spacial score (nSPS) is 14.3. The second-order valence-electron chi connectivity index (χ2n) is 5.08. The molecule has 0 saturated carbocycles. The first-order valence-corrected chi connectivity index (χ1v) is 7.05. The van der Waals surface area contributed by atoms with E-state index in [4.69, 9.17) is 9.47 Å². The van der Waals surface area contributed by atoms with Crippen LogP contribution in [0.25, 0.3) is 5.69 Å². The van der Waals surface area contributed by atoms with Crippen LogP contribution in [-0.4, -0.2) is 36.1 Å². The standard InChI is InChI=1S/C16H23N3O2/c1-12(18-13(2)16(20-3)21-4)14-5-7-15(8-6-14)19-10-9-17-11-19/h5-13,16,18H,1-4H3. The third-order valence-corrected chi connectivity index (χ3v) is 3.58. The van der Waals surface area contributed by atoms with Crippen molar-refractivity contribution < 1.29 is 9.47 Å². The topological polar surface area (TPSA) is 48.3 Å². The van der Waals surface area contributed by atoms with Crippen LogP contribution in [0, 0.1) is 0 Å². The van der Waals surface area contributed by atoms with E-state index in [1.165, 1.54) is 5.56 Å². The summed E-state index contributed by atoms with van der Waals surface area (Å²) in [6.45, 7) is 4.18. The van der Waals surface area contributed by atoms with Crippen LogP contribution in [0.4, 0.5) is 0 Å². The average molecular weight is 289 g/mol. The zero-order valence-electron chi connectivity index (χ0n) is 13.0. The van der Waals surface area contributed by atoms with Gasteiger partial charge >= 0.3 is 0 Å². The minimum absolute atomic E-state index is 0.100. The maximum atomic E-state index is 5.27. The predicted octanol–water partition coefficient (Wildman–Crippen LogP) is 2.53. The molecule has 5 heteroatoms. The minimum Gasteiger partial charge on any atom is -0.354 e. The third kappa shape index (κ3) is 3.91. The highest BCUT2D eigenvalue weighted by molar-refractivity contribution is 5.35. The maximum absolute atomic E-state index is 5.27. The molecule has 0 radical (unpaired) electrons. The monoisotopic (exact) mass is 289 g/mol. The van der Waals surface area contributed by atoms with Crippen molar-refractivity contribution in [3.8, 4) is 5.69 Å². The first-order valence-electron chi connectivity index (χ1n) is 7.05. The molecule has 0 spiro atoms. The van der Waals surface area contributed by atoms with E-state index in [2.05, 4.69) is 41.5 Å².